The zero-order chi connectivity index (χ0) is 9.68. The average Bonchev–Trinajstić information content (AvgIpc) is 2.66. The third kappa shape index (κ3) is 3.40. The third-order valence-corrected chi connectivity index (χ3v) is 2.71. The van der Waals surface area contributed by atoms with E-state index in [1.165, 1.54) is 0 Å². The molecule has 1 heterocycles. The van der Waals surface area contributed by atoms with Crippen molar-refractivity contribution in [2.24, 2.45) is 0 Å². The molecule has 5 heteroatoms. The number of rotatable bonds is 5. The molecule has 0 saturated heterocycles. The maximum Gasteiger partial charge on any atom is 0.0895 e. The largest absolute Gasteiger partial charge is 0.394 e. The van der Waals surface area contributed by atoms with Crippen LogP contribution in [0, 0.1) is 0 Å². The summed E-state index contributed by atoms with van der Waals surface area (Å²) in [7, 11) is 0. The molecule has 2 atom stereocenters. The summed E-state index contributed by atoms with van der Waals surface area (Å²) in [6.07, 6.45) is 1.11. The first kappa shape index (κ1) is 10.6. The van der Waals surface area contributed by atoms with Crippen molar-refractivity contribution in [2.45, 2.75) is 19.1 Å². The van der Waals surface area contributed by atoms with Gasteiger partial charge in [-0.1, -0.05) is 0 Å². The molecule has 74 valence electrons. The van der Waals surface area contributed by atoms with Crippen LogP contribution < -0.4 is 5.32 Å². The Morgan fingerprint density at radius 3 is 3.00 bits per heavy atom. The lowest BCUT2D eigenvalue weighted by atomic mass is 10.3. The van der Waals surface area contributed by atoms with Gasteiger partial charge in [-0.05, 0) is 6.92 Å². The van der Waals surface area contributed by atoms with Crippen LogP contribution >= 0.6 is 11.3 Å². The first-order valence-electron chi connectivity index (χ1n) is 4.14. The molecule has 1 aromatic heterocycles. The Kier molecular flexibility index (Phi) is 4.31. The number of thiazole rings is 1. The first-order valence-corrected chi connectivity index (χ1v) is 5.02. The molecule has 0 aliphatic heterocycles. The van der Waals surface area contributed by atoms with Crippen LogP contribution in [0.4, 0.5) is 0 Å². The molecule has 0 spiro atoms. The highest BCUT2D eigenvalue weighted by atomic mass is 32.1. The Bertz CT molecular complexity index is 228. The number of hydrogen-bond donors (Lipinski definition) is 3. The molecule has 1 rings (SSSR count). The lowest BCUT2D eigenvalue weighted by Crippen LogP contribution is -2.30. The zero-order valence-electron chi connectivity index (χ0n) is 7.47. The monoisotopic (exact) mass is 202 g/mol. The minimum absolute atomic E-state index is 0.175. The van der Waals surface area contributed by atoms with Gasteiger partial charge in [-0.25, -0.2) is 0 Å². The van der Waals surface area contributed by atoms with Crippen molar-refractivity contribution in [3.05, 3.63) is 16.6 Å². The first-order chi connectivity index (χ1) is 6.24. The number of nitrogens with zero attached hydrogens (tertiary/aromatic N) is 1. The van der Waals surface area contributed by atoms with Gasteiger partial charge < -0.3 is 15.5 Å². The van der Waals surface area contributed by atoms with Gasteiger partial charge in [-0.2, -0.15) is 0 Å². The molecule has 4 nitrogen and oxygen atoms in total. The Morgan fingerprint density at radius 1 is 1.69 bits per heavy atom. The molecule has 0 saturated carbocycles. The maximum atomic E-state index is 9.08. The van der Waals surface area contributed by atoms with E-state index in [1.54, 1.807) is 23.0 Å². The average molecular weight is 202 g/mol. The van der Waals surface area contributed by atoms with E-state index in [-0.39, 0.29) is 12.6 Å². The van der Waals surface area contributed by atoms with Crippen LogP contribution in [0.15, 0.2) is 11.7 Å². The summed E-state index contributed by atoms with van der Waals surface area (Å²) in [5.41, 5.74) is 1.77. The molecule has 2 unspecified atom stereocenters. The Labute approximate surface area is 81.3 Å². The summed E-state index contributed by atoms with van der Waals surface area (Å²) in [5.74, 6) is 0. The van der Waals surface area contributed by atoms with Crippen LogP contribution in [-0.2, 0) is 0 Å². The van der Waals surface area contributed by atoms with Gasteiger partial charge in [0.15, 0.2) is 0 Å². The summed E-state index contributed by atoms with van der Waals surface area (Å²) >= 11 is 1.57. The fourth-order valence-electron chi connectivity index (χ4n) is 0.917. The third-order valence-electron chi connectivity index (χ3n) is 1.75. The van der Waals surface area contributed by atoms with Crippen molar-refractivity contribution in [3.8, 4) is 0 Å². The van der Waals surface area contributed by atoms with E-state index in [9.17, 15) is 0 Å². The van der Waals surface area contributed by atoms with E-state index in [1.807, 2.05) is 6.92 Å². The number of aliphatic hydroxyl groups excluding tert-OH is 2. The predicted octanol–water partition coefficient (Wildman–Crippen LogP) is 0.147. The Balaban J connectivity index is 2.30. The van der Waals surface area contributed by atoms with Crippen molar-refractivity contribution < 1.29 is 10.2 Å². The molecule has 0 amide bonds. The van der Waals surface area contributed by atoms with Gasteiger partial charge in [0.25, 0.3) is 0 Å². The normalized spacial score (nSPS) is 15.6. The van der Waals surface area contributed by atoms with E-state index in [4.69, 9.17) is 10.2 Å². The summed E-state index contributed by atoms with van der Waals surface area (Å²) in [4.78, 5) is 5.09. The fraction of sp³-hybridized carbons (Fsp3) is 0.625. The second-order valence-electron chi connectivity index (χ2n) is 2.87. The molecule has 0 aromatic carbocycles. The lowest BCUT2D eigenvalue weighted by Gasteiger charge is -2.13. The second-order valence-corrected chi connectivity index (χ2v) is 3.79. The predicted molar refractivity (Wildman–Crippen MR) is 51.6 cm³/mol. The molecule has 0 aliphatic rings. The standard InChI is InChI=1S/C8H14N2O2S/c1-6(8-3-9-5-13-8)10-2-7(12)4-11/h3,5-7,10-12H,2,4H2,1H3. The van der Waals surface area contributed by atoms with Crippen LogP contribution in [0.5, 0.6) is 0 Å². The van der Waals surface area contributed by atoms with E-state index in [0.717, 1.165) is 4.88 Å². The van der Waals surface area contributed by atoms with Gasteiger partial charge in [0.1, 0.15) is 0 Å². The molecule has 0 fully saturated rings. The minimum Gasteiger partial charge on any atom is -0.394 e. The summed E-state index contributed by atoms with van der Waals surface area (Å²) < 4.78 is 0. The highest BCUT2D eigenvalue weighted by Gasteiger charge is 2.08. The van der Waals surface area contributed by atoms with E-state index >= 15 is 0 Å². The van der Waals surface area contributed by atoms with Crippen LogP contribution in [-0.4, -0.2) is 34.5 Å². The Hall–Kier alpha value is -0.490. The molecule has 0 aliphatic carbocycles. The van der Waals surface area contributed by atoms with Gasteiger partial charge in [-0.15, -0.1) is 11.3 Å². The molecule has 1 aromatic rings. The van der Waals surface area contributed by atoms with Crippen molar-refractivity contribution >= 4 is 11.3 Å². The SMILES string of the molecule is CC(NCC(O)CO)c1cncs1. The van der Waals surface area contributed by atoms with Crippen LogP contribution in [0.2, 0.25) is 0 Å². The fourth-order valence-corrected chi connectivity index (χ4v) is 1.57. The molecule has 13 heavy (non-hydrogen) atoms. The zero-order valence-corrected chi connectivity index (χ0v) is 8.29. The number of aliphatic hydroxyl groups is 2. The topological polar surface area (TPSA) is 65.4 Å². The molecule has 3 N–H and O–H groups in total. The van der Waals surface area contributed by atoms with Gasteiger partial charge in [0, 0.05) is 23.7 Å². The maximum absolute atomic E-state index is 9.08. The van der Waals surface area contributed by atoms with Crippen molar-refractivity contribution in [1.29, 1.82) is 0 Å². The van der Waals surface area contributed by atoms with Crippen molar-refractivity contribution in [3.63, 3.8) is 0 Å². The summed E-state index contributed by atoms with van der Waals surface area (Å²) in [5, 5.41) is 20.8. The van der Waals surface area contributed by atoms with Gasteiger partial charge >= 0.3 is 0 Å². The highest BCUT2D eigenvalue weighted by Crippen LogP contribution is 2.15. The van der Waals surface area contributed by atoms with Crippen LogP contribution in [0.1, 0.15) is 17.8 Å². The van der Waals surface area contributed by atoms with Crippen molar-refractivity contribution in [2.75, 3.05) is 13.2 Å². The van der Waals surface area contributed by atoms with E-state index in [0.29, 0.717) is 6.54 Å². The van der Waals surface area contributed by atoms with Gasteiger partial charge in [0.2, 0.25) is 0 Å². The summed E-state index contributed by atoms with van der Waals surface area (Å²) in [6.45, 7) is 2.19. The minimum atomic E-state index is -0.685. The van der Waals surface area contributed by atoms with Crippen LogP contribution in [0.3, 0.4) is 0 Å². The van der Waals surface area contributed by atoms with E-state index in [2.05, 4.69) is 10.3 Å². The van der Waals surface area contributed by atoms with Gasteiger partial charge in [0.05, 0.1) is 18.2 Å². The van der Waals surface area contributed by atoms with E-state index < -0.39 is 6.10 Å². The molecule has 0 bridgehead atoms. The van der Waals surface area contributed by atoms with Gasteiger partial charge in [-0.3, -0.25) is 4.98 Å². The number of nitrogens with one attached hydrogen (secondary N) is 1. The molecular weight excluding hydrogens is 188 g/mol. The van der Waals surface area contributed by atoms with Crippen molar-refractivity contribution in [1.82, 2.24) is 10.3 Å². The molecular formula is C8H14N2O2S. The second kappa shape index (κ2) is 5.29. The number of aromatic nitrogens is 1. The number of hydrogen-bond acceptors (Lipinski definition) is 5. The van der Waals surface area contributed by atoms with Crippen LogP contribution in [0.25, 0.3) is 0 Å². The molecule has 0 radical (unpaired) electrons. The smallest absolute Gasteiger partial charge is 0.0895 e. The Morgan fingerprint density at radius 2 is 2.46 bits per heavy atom. The highest BCUT2D eigenvalue weighted by molar-refractivity contribution is 7.09. The summed E-state index contributed by atoms with van der Waals surface area (Å²) in [6, 6.07) is 0.175. The lowest BCUT2D eigenvalue weighted by molar-refractivity contribution is 0.0925. The quantitative estimate of drug-likeness (QED) is 0.636.